The SMILES string of the molecule is COc1ccccc1CC(=O)N1CCc2c(C(=O)O)n[nH]c2C1. The summed E-state index contributed by atoms with van der Waals surface area (Å²) in [7, 11) is 1.58. The largest absolute Gasteiger partial charge is 0.496 e. The molecule has 1 aliphatic heterocycles. The third-order valence-corrected chi connectivity index (χ3v) is 4.02. The van der Waals surface area contributed by atoms with Gasteiger partial charge >= 0.3 is 5.97 Å². The van der Waals surface area contributed by atoms with E-state index in [-0.39, 0.29) is 18.0 Å². The quantitative estimate of drug-likeness (QED) is 0.885. The normalized spacial score (nSPS) is 13.5. The third-order valence-electron chi connectivity index (χ3n) is 4.02. The van der Waals surface area contributed by atoms with Crippen molar-refractivity contribution in [3.05, 3.63) is 46.8 Å². The Balaban J connectivity index is 1.73. The second-order valence-corrected chi connectivity index (χ2v) is 5.39. The number of aromatic nitrogens is 2. The average Bonchev–Trinajstić information content (AvgIpc) is 2.98. The Morgan fingerprint density at radius 3 is 2.91 bits per heavy atom. The number of rotatable bonds is 4. The summed E-state index contributed by atoms with van der Waals surface area (Å²) in [5, 5.41) is 15.6. The van der Waals surface area contributed by atoms with E-state index in [9.17, 15) is 9.59 Å². The van der Waals surface area contributed by atoms with E-state index in [4.69, 9.17) is 9.84 Å². The molecule has 1 aromatic carbocycles. The van der Waals surface area contributed by atoms with Crippen LogP contribution in [0.1, 0.15) is 27.3 Å². The van der Waals surface area contributed by atoms with Gasteiger partial charge in [0.15, 0.2) is 5.69 Å². The number of methoxy groups -OCH3 is 1. The molecular formula is C16H17N3O4. The fraction of sp³-hybridized carbons (Fsp3) is 0.312. The lowest BCUT2D eigenvalue weighted by atomic mass is 10.0. The predicted octanol–water partition coefficient (Wildman–Crippen LogP) is 1.24. The Bertz CT molecular complexity index is 754. The fourth-order valence-corrected chi connectivity index (χ4v) is 2.83. The van der Waals surface area contributed by atoms with Crippen molar-refractivity contribution >= 4 is 11.9 Å². The molecule has 7 heteroatoms. The van der Waals surface area contributed by atoms with Gasteiger partial charge in [0.05, 0.1) is 25.8 Å². The zero-order valence-corrected chi connectivity index (χ0v) is 12.7. The Hall–Kier alpha value is -2.83. The number of H-pyrrole nitrogens is 1. The number of carboxylic acid groups (broad SMARTS) is 1. The van der Waals surface area contributed by atoms with Crippen molar-refractivity contribution in [1.82, 2.24) is 15.1 Å². The summed E-state index contributed by atoms with van der Waals surface area (Å²) in [5.74, 6) is -0.379. The van der Waals surface area contributed by atoms with Gasteiger partial charge in [-0.15, -0.1) is 0 Å². The number of para-hydroxylation sites is 1. The summed E-state index contributed by atoms with van der Waals surface area (Å²) in [5.41, 5.74) is 2.28. The number of carbonyl (C=O) groups is 2. The highest BCUT2D eigenvalue weighted by molar-refractivity contribution is 5.87. The minimum Gasteiger partial charge on any atom is -0.496 e. The van der Waals surface area contributed by atoms with Crippen LogP contribution in [0.2, 0.25) is 0 Å². The fourth-order valence-electron chi connectivity index (χ4n) is 2.83. The number of nitrogens with zero attached hydrogens (tertiary/aromatic N) is 2. The van der Waals surface area contributed by atoms with Gasteiger partial charge in [-0.05, 0) is 12.5 Å². The van der Waals surface area contributed by atoms with Crippen LogP contribution >= 0.6 is 0 Å². The first-order valence-electron chi connectivity index (χ1n) is 7.29. The molecule has 0 unspecified atom stereocenters. The molecule has 0 saturated carbocycles. The van der Waals surface area contributed by atoms with Crippen molar-refractivity contribution in [2.45, 2.75) is 19.4 Å². The molecule has 120 valence electrons. The van der Waals surface area contributed by atoms with Crippen molar-refractivity contribution in [3.8, 4) is 5.75 Å². The Morgan fingerprint density at radius 1 is 1.39 bits per heavy atom. The summed E-state index contributed by atoms with van der Waals surface area (Å²) in [6, 6.07) is 7.42. The monoisotopic (exact) mass is 315 g/mol. The van der Waals surface area contributed by atoms with Gasteiger partial charge in [-0.2, -0.15) is 5.10 Å². The van der Waals surface area contributed by atoms with Gasteiger partial charge in [0.1, 0.15) is 5.75 Å². The first kappa shape index (κ1) is 15.1. The summed E-state index contributed by atoms with van der Waals surface area (Å²) in [6.45, 7) is 0.838. The van der Waals surface area contributed by atoms with Crippen LogP contribution in [-0.2, 0) is 24.2 Å². The van der Waals surface area contributed by atoms with E-state index >= 15 is 0 Å². The number of aromatic carboxylic acids is 1. The molecule has 1 aromatic heterocycles. The van der Waals surface area contributed by atoms with E-state index in [1.807, 2.05) is 24.3 Å². The molecule has 0 bridgehead atoms. The van der Waals surface area contributed by atoms with Gasteiger partial charge in [0.2, 0.25) is 5.91 Å². The van der Waals surface area contributed by atoms with Gasteiger partial charge < -0.3 is 14.7 Å². The molecule has 23 heavy (non-hydrogen) atoms. The lowest BCUT2D eigenvalue weighted by Crippen LogP contribution is -2.37. The smallest absolute Gasteiger partial charge is 0.356 e. The number of carboxylic acids is 1. The van der Waals surface area contributed by atoms with Crippen LogP contribution in [-0.4, -0.2) is 45.7 Å². The minimum atomic E-state index is -1.05. The van der Waals surface area contributed by atoms with Gasteiger partial charge in [-0.25, -0.2) is 4.79 Å². The number of ether oxygens (including phenoxy) is 1. The Morgan fingerprint density at radius 2 is 2.17 bits per heavy atom. The Labute approximate surface area is 132 Å². The highest BCUT2D eigenvalue weighted by Gasteiger charge is 2.27. The van der Waals surface area contributed by atoms with E-state index < -0.39 is 5.97 Å². The molecule has 0 spiro atoms. The lowest BCUT2D eigenvalue weighted by Gasteiger charge is -2.27. The van der Waals surface area contributed by atoms with Crippen LogP contribution < -0.4 is 4.74 Å². The standard InChI is InChI=1S/C16H17N3O4/c1-23-13-5-3-2-4-10(13)8-14(20)19-7-6-11-12(9-19)17-18-15(11)16(21)22/h2-5H,6-9H2,1H3,(H,17,18)(H,21,22). The number of nitrogens with one attached hydrogen (secondary N) is 1. The first-order chi connectivity index (χ1) is 11.1. The highest BCUT2D eigenvalue weighted by Crippen LogP contribution is 2.23. The van der Waals surface area contributed by atoms with E-state index in [0.29, 0.717) is 36.5 Å². The molecule has 0 atom stereocenters. The van der Waals surface area contributed by atoms with Crippen molar-refractivity contribution < 1.29 is 19.4 Å². The second kappa shape index (κ2) is 6.12. The summed E-state index contributed by atoms with van der Waals surface area (Å²) in [6.07, 6.45) is 0.740. The van der Waals surface area contributed by atoms with Gasteiger partial charge in [0.25, 0.3) is 0 Å². The molecule has 1 amide bonds. The maximum absolute atomic E-state index is 12.5. The second-order valence-electron chi connectivity index (χ2n) is 5.39. The molecular weight excluding hydrogens is 298 g/mol. The van der Waals surface area contributed by atoms with Crippen molar-refractivity contribution in [1.29, 1.82) is 0 Å². The van der Waals surface area contributed by atoms with Gasteiger partial charge in [-0.1, -0.05) is 18.2 Å². The molecule has 2 N–H and O–H groups in total. The number of aromatic amines is 1. The molecule has 0 fully saturated rings. The zero-order valence-electron chi connectivity index (χ0n) is 12.7. The molecule has 0 aliphatic carbocycles. The summed E-state index contributed by atoms with van der Waals surface area (Å²) in [4.78, 5) is 25.3. The van der Waals surface area contributed by atoms with Crippen molar-refractivity contribution in [2.75, 3.05) is 13.7 Å². The van der Waals surface area contributed by atoms with Gasteiger partial charge in [0, 0.05) is 17.7 Å². The van der Waals surface area contributed by atoms with E-state index in [2.05, 4.69) is 10.2 Å². The summed E-state index contributed by atoms with van der Waals surface area (Å²) >= 11 is 0. The minimum absolute atomic E-state index is 0.0216. The predicted molar refractivity (Wildman–Crippen MR) is 81.4 cm³/mol. The highest BCUT2D eigenvalue weighted by atomic mass is 16.5. The van der Waals surface area contributed by atoms with Crippen LogP contribution in [0.3, 0.4) is 0 Å². The van der Waals surface area contributed by atoms with E-state index in [0.717, 1.165) is 5.56 Å². The number of fused-ring (bicyclic) bond motifs is 1. The molecule has 0 saturated heterocycles. The number of benzene rings is 1. The number of amides is 1. The Kier molecular flexibility index (Phi) is 4.01. The van der Waals surface area contributed by atoms with Crippen molar-refractivity contribution in [3.63, 3.8) is 0 Å². The molecule has 2 heterocycles. The number of hydrogen-bond acceptors (Lipinski definition) is 4. The van der Waals surface area contributed by atoms with Gasteiger partial charge in [-0.3, -0.25) is 9.89 Å². The van der Waals surface area contributed by atoms with Crippen LogP contribution in [0.5, 0.6) is 5.75 Å². The topological polar surface area (TPSA) is 95.5 Å². The van der Waals surface area contributed by atoms with E-state index in [1.54, 1.807) is 12.0 Å². The van der Waals surface area contributed by atoms with Crippen LogP contribution in [0.15, 0.2) is 24.3 Å². The van der Waals surface area contributed by atoms with Crippen molar-refractivity contribution in [2.24, 2.45) is 0 Å². The lowest BCUT2D eigenvalue weighted by molar-refractivity contribution is -0.131. The van der Waals surface area contributed by atoms with Crippen LogP contribution in [0.4, 0.5) is 0 Å². The third kappa shape index (κ3) is 2.90. The molecule has 1 aliphatic rings. The molecule has 3 rings (SSSR count). The maximum atomic E-state index is 12.5. The maximum Gasteiger partial charge on any atom is 0.356 e. The van der Waals surface area contributed by atoms with Crippen LogP contribution in [0.25, 0.3) is 0 Å². The molecule has 7 nitrogen and oxygen atoms in total. The average molecular weight is 315 g/mol. The van der Waals surface area contributed by atoms with Crippen LogP contribution in [0, 0.1) is 0 Å². The molecule has 0 radical (unpaired) electrons. The number of carbonyl (C=O) groups excluding carboxylic acids is 1. The summed E-state index contributed by atoms with van der Waals surface area (Å²) < 4.78 is 5.27. The molecule has 2 aromatic rings. The first-order valence-corrected chi connectivity index (χ1v) is 7.29. The number of hydrogen-bond donors (Lipinski definition) is 2. The zero-order chi connectivity index (χ0) is 16.4. The van der Waals surface area contributed by atoms with E-state index in [1.165, 1.54) is 0 Å².